The molecule has 1 aliphatic heterocycles. The van der Waals surface area contributed by atoms with Crippen molar-refractivity contribution in [3.63, 3.8) is 0 Å². The molecule has 1 aromatic heterocycles. The number of nitriles is 1. The average molecular weight is 474 g/mol. The number of nitrogens with zero attached hydrogens (tertiary/aromatic N) is 3. The van der Waals surface area contributed by atoms with Gasteiger partial charge in [0.25, 0.3) is 0 Å². The van der Waals surface area contributed by atoms with E-state index in [-0.39, 0.29) is 17.7 Å². The second-order valence-electron chi connectivity index (χ2n) is 8.65. The van der Waals surface area contributed by atoms with Crippen LogP contribution in [0.4, 0.5) is 5.69 Å². The molecule has 0 saturated carbocycles. The molecule has 0 saturated heterocycles. The third-order valence-corrected chi connectivity index (χ3v) is 7.71. The Bertz CT molecular complexity index is 1270. The number of hydrogen-bond acceptors (Lipinski definition) is 4. The molecule has 4 nitrogen and oxygen atoms in total. The van der Waals surface area contributed by atoms with Crippen molar-refractivity contribution >= 4 is 35.0 Å². The van der Waals surface area contributed by atoms with E-state index < -0.39 is 0 Å². The Hall–Kier alpha value is -2.81. The molecule has 33 heavy (non-hydrogen) atoms. The summed E-state index contributed by atoms with van der Waals surface area (Å²) in [6.45, 7) is 2.08. The standard InChI is InChI=1S/C27H24ClN3OS/c1-17-14-19-6-2-5-9-24(19)31(17)25(32)16-33-27-22(15-29)26(18-10-12-20(28)13-11-18)21-7-3-4-8-23(21)30-27/h2,5-6,9-13,17H,3-4,7-8,14,16H2,1H3/t17-/m1/s1. The number of halogens is 1. The topological polar surface area (TPSA) is 57.0 Å². The molecule has 2 aliphatic rings. The largest absolute Gasteiger partial charge is 0.308 e. The van der Waals surface area contributed by atoms with Crippen LogP contribution < -0.4 is 4.90 Å². The molecule has 0 unspecified atom stereocenters. The van der Waals surface area contributed by atoms with Gasteiger partial charge < -0.3 is 4.90 Å². The number of hydrogen-bond donors (Lipinski definition) is 0. The van der Waals surface area contributed by atoms with E-state index in [0.29, 0.717) is 15.6 Å². The van der Waals surface area contributed by atoms with Gasteiger partial charge in [0.05, 0.1) is 11.3 Å². The van der Waals surface area contributed by atoms with E-state index >= 15 is 0 Å². The third-order valence-electron chi connectivity index (χ3n) is 6.49. The van der Waals surface area contributed by atoms with Crippen LogP contribution in [-0.4, -0.2) is 22.7 Å². The highest BCUT2D eigenvalue weighted by molar-refractivity contribution is 8.00. The van der Waals surface area contributed by atoms with Crippen LogP contribution in [0.15, 0.2) is 53.6 Å². The van der Waals surface area contributed by atoms with Crippen LogP contribution >= 0.6 is 23.4 Å². The first-order chi connectivity index (χ1) is 16.1. The number of aromatic nitrogens is 1. The van der Waals surface area contributed by atoms with Crippen molar-refractivity contribution in [2.75, 3.05) is 10.7 Å². The summed E-state index contributed by atoms with van der Waals surface area (Å²) in [5.74, 6) is 0.299. The summed E-state index contributed by atoms with van der Waals surface area (Å²) in [6.07, 6.45) is 4.88. The van der Waals surface area contributed by atoms with Gasteiger partial charge in [0.15, 0.2) is 0 Å². The Balaban J connectivity index is 1.49. The molecule has 3 aromatic rings. The Kier molecular flexibility index (Phi) is 6.14. The minimum Gasteiger partial charge on any atom is -0.308 e. The number of carbonyl (C=O) groups excluding carboxylic acids is 1. The van der Waals surface area contributed by atoms with Crippen molar-refractivity contribution in [3.05, 3.63) is 75.9 Å². The molecule has 2 heterocycles. The number of thioether (sulfide) groups is 1. The first-order valence-electron chi connectivity index (χ1n) is 11.3. The molecule has 0 radical (unpaired) electrons. The van der Waals surface area contributed by atoms with E-state index in [0.717, 1.165) is 60.2 Å². The monoisotopic (exact) mass is 473 g/mol. The number of anilines is 1. The Morgan fingerprint density at radius 3 is 2.73 bits per heavy atom. The van der Waals surface area contributed by atoms with E-state index in [2.05, 4.69) is 19.1 Å². The first kappa shape index (κ1) is 22.0. The van der Waals surface area contributed by atoms with Crippen molar-refractivity contribution in [2.45, 2.75) is 50.1 Å². The molecule has 6 heteroatoms. The molecule has 0 bridgehead atoms. The lowest BCUT2D eigenvalue weighted by molar-refractivity contribution is -0.116. The maximum atomic E-state index is 13.3. The zero-order chi connectivity index (χ0) is 22.9. The van der Waals surface area contributed by atoms with Crippen LogP contribution in [0.1, 0.15) is 42.1 Å². The number of aryl methyl sites for hydroxylation is 1. The lowest BCUT2D eigenvalue weighted by Gasteiger charge is -2.24. The van der Waals surface area contributed by atoms with E-state index in [1.54, 1.807) is 0 Å². The first-order valence-corrected chi connectivity index (χ1v) is 12.7. The predicted molar refractivity (Wildman–Crippen MR) is 134 cm³/mol. The van der Waals surface area contributed by atoms with Crippen LogP contribution in [0.5, 0.6) is 0 Å². The fourth-order valence-electron chi connectivity index (χ4n) is 5.01. The minimum absolute atomic E-state index is 0.0499. The van der Waals surface area contributed by atoms with Crippen molar-refractivity contribution in [1.82, 2.24) is 4.98 Å². The number of carbonyl (C=O) groups is 1. The highest BCUT2D eigenvalue weighted by Crippen LogP contribution is 2.39. The molecule has 0 N–H and O–H groups in total. The minimum atomic E-state index is 0.0499. The van der Waals surface area contributed by atoms with E-state index in [9.17, 15) is 10.1 Å². The zero-order valence-corrected chi connectivity index (χ0v) is 20.0. The van der Waals surface area contributed by atoms with Crippen LogP contribution in [0, 0.1) is 11.3 Å². The smallest absolute Gasteiger partial charge is 0.237 e. The normalized spacial score (nSPS) is 16.8. The number of fused-ring (bicyclic) bond motifs is 2. The van der Waals surface area contributed by atoms with Crippen molar-refractivity contribution in [2.24, 2.45) is 0 Å². The Morgan fingerprint density at radius 1 is 1.18 bits per heavy atom. The molecule has 166 valence electrons. The third kappa shape index (κ3) is 4.14. The van der Waals surface area contributed by atoms with Crippen LogP contribution in [0.2, 0.25) is 5.02 Å². The summed E-state index contributed by atoms with van der Waals surface area (Å²) in [6, 6.07) is 18.3. The quantitative estimate of drug-likeness (QED) is 0.422. The lowest BCUT2D eigenvalue weighted by atomic mass is 9.87. The number of rotatable bonds is 4. The molecule has 1 amide bonds. The molecule has 1 atom stereocenters. The fraction of sp³-hybridized carbons (Fsp3) is 0.296. The zero-order valence-electron chi connectivity index (χ0n) is 18.5. The second-order valence-corrected chi connectivity index (χ2v) is 10.1. The molecular weight excluding hydrogens is 450 g/mol. The summed E-state index contributed by atoms with van der Waals surface area (Å²) >= 11 is 7.50. The second kappa shape index (κ2) is 9.21. The Morgan fingerprint density at radius 2 is 1.94 bits per heavy atom. The highest BCUT2D eigenvalue weighted by Gasteiger charge is 2.31. The van der Waals surface area contributed by atoms with Gasteiger partial charge in [0.2, 0.25) is 5.91 Å². The van der Waals surface area contributed by atoms with Crippen LogP contribution in [0.3, 0.4) is 0 Å². The van der Waals surface area contributed by atoms with Crippen molar-refractivity contribution in [3.8, 4) is 17.2 Å². The van der Waals surface area contributed by atoms with E-state index in [1.165, 1.54) is 17.3 Å². The van der Waals surface area contributed by atoms with Gasteiger partial charge >= 0.3 is 0 Å². The van der Waals surface area contributed by atoms with E-state index in [4.69, 9.17) is 16.6 Å². The molecule has 1 aliphatic carbocycles. The van der Waals surface area contributed by atoms with Gasteiger partial charge in [-0.15, -0.1) is 0 Å². The summed E-state index contributed by atoms with van der Waals surface area (Å²) in [5.41, 5.74) is 6.92. The van der Waals surface area contributed by atoms with Crippen LogP contribution in [-0.2, 0) is 24.1 Å². The van der Waals surface area contributed by atoms with E-state index in [1.807, 2.05) is 47.4 Å². The molecule has 0 fully saturated rings. The van der Waals surface area contributed by atoms with Gasteiger partial charge in [-0.25, -0.2) is 4.98 Å². The highest BCUT2D eigenvalue weighted by atomic mass is 35.5. The lowest BCUT2D eigenvalue weighted by Crippen LogP contribution is -2.37. The molecule has 2 aromatic carbocycles. The van der Waals surface area contributed by atoms with Crippen molar-refractivity contribution in [1.29, 1.82) is 5.26 Å². The Labute approximate surface area is 203 Å². The number of pyridine rings is 1. The number of benzene rings is 2. The molecular formula is C27H24ClN3OS. The summed E-state index contributed by atoms with van der Waals surface area (Å²) in [7, 11) is 0. The van der Waals surface area contributed by atoms with Crippen LogP contribution in [0.25, 0.3) is 11.1 Å². The summed E-state index contributed by atoms with van der Waals surface area (Å²) in [5, 5.41) is 11.5. The van der Waals surface area contributed by atoms with Crippen molar-refractivity contribution < 1.29 is 4.79 Å². The average Bonchev–Trinajstić information content (AvgIpc) is 3.17. The van der Waals surface area contributed by atoms with Gasteiger partial charge in [0, 0.05) is 28.0 Å². The fourth-order valence-corrected chi connectivity index (χ4v) is 6.00. The van der Waals surface area contributed by atoms with Gasteiger partial charge in [-0.3, -0.25) is 4.79 Å². The number of amides is 1. The van der Waals surface area contributed by atoms with Gasteiger partial charge in [-0.1, -0.05) is 53.7 Å². The molecule has 0 spiro atoms. The van der Waals surface area contributed by atoms with Gasteiger partial charge in [-0.2, -0.15) is 5.26 Å². The predicted octanol–water partition coefficient (Wildman–Crippen LogP) is 6.22. The maximum Gasteiger partial charge on any atom is 0.237 e. The maximum absolute atomic E-state index is 13.3. The summed E-state index contributed by atoms with van der Waals surface area (Å²) < 4.78 is 0. The summed E-state index contributed by atoms with van der Waals surface area (Å²) in [4.78, 5) is 20.0. The van der Waals surface area contributed by atoms with Gasteiger partial charge in [-0.05, 0) is 73.9 Å². The SMILES string of the molecule is C[C@@H]1Cc2ccccc2N1C(=O)CSc1nc2c(c(-c3ccc(Cl)cc3)c1C#N)CCCC2. The van der Waals surface area contributed by atoms with Gasteiger partial charge in [0.1, 0.15) is 11.1 Å². The molecule has 5 rings (SSSR count). The number of para-hydroxylation sites is 1.